The van der Waals surface area contributed by atoms with Gasteiger partial charge >= 0.3 is 0 Å². The minimum Gasteiger partial charge on any atom is -0.493 e. The van der Waals surface area contributed by atoms with Crippen LogP contribution in [-0.4, -0.2) is 6.61 Å². The van der Waals surface area contributed by atoms with Gasteiger partial charge in [-0.25, -0.2) is 0 Å². The summed E-state index contributed by atoms with van der Waals surface area (Å²) in [6, 6.07) is 6.00. The average Bonchev–Trinajstić information content (AvgIpc) is 2.38. The molecule has 0 heterocycles. The monoisotopic (exact) mass is 230 g/mol. The topological polar surface area (TPSA) is 9.23 Å². The summed E-state index contributed by atoms with van der Waals surface area (Å²) in [5.41, 5.74) is 2.11. The van der Waals surface area contributed by atoms with Crippen molar-refractivity contribution in [2.45, 2.75) is 32.6 Å². The van der Waals surface area contributed by atoms with Gasteiger partial charge in [0.15, 0.2) is 0 Å². The van der Waals surface area contributed by atoms with Gasteiger partial charge in [-0.3, -0.25) is 0 Å². The SMILES string of the molecule is C=Cc1cccc(OCCCCCC)c1C=C. The summed E-state index contributed by atoms with van der Waals surface area (Å²) in [5.74, 6) is 0.911. The summed E-state index contributed by atoms with van der Waals surface area (Å²) < 4.78 is 5.80. The van der Waals surface area contributed by atoms with Gasteiger partial charge in [-0.05, 0) is 18.1 Å². The summed E-state index contributed by atoms with van der Waals surface area (Å²) in [5, 5.41) is 0. The van der Waals surface area contributed by atoms with Crippen molar-refractivity contribution in [1.82, 2.24) is 0 Å². The third-order valence-electron chi connectivity index (χ3n) is 2.78. The van der Waals surface area contributed by atoms with Crippen LogP contribution in [0, 0.1) is 0 Å². The number of hydrogen-bond acceptors (Lipinski definition) is 1. The van der Waals surface area contributed by atoms with Crippen LogP contribution in [0.5, 0.6) is 5.75 Å². The summed E-state index contributed by atoms with van der Waals surface area (Å²) in [6.45, 7) is 10.6. The van der Waals surface area contributed by atoms with Gasteiger partial charge in [-0.2, -0.15) is 0 Å². The summed E-state index contributed by atoms with van der Waals surface area (Å²) >= 11 is 0. The van der Waals surface area contributed by atoms with Gasteiger partial charge in [-0.1, -0.05) is 63.6 Å². The van der Waals surface area contributed by atoms with Crippen molar-refractivity contribution in [2.24, 2.45) is 0 Å². The third-order valence-corrected chi connectivity index (χ3v) is 2.78. The lowest BCUT2D eigenvalue weighted by Crippen LogP contribution is -1.99. The molecule has 0 bridgehead atoms. The molecule has 0 saturated heterocycles. The molecule has 0 N–H and O–H groups in total. The van der Waals surface area contributed by atoms with Gasteiger partial charge in [0.05, 0.1) is 6.61 Å². The smallest absolute Gasteiger partial charge is 0.127 e. The molecule has 0 atom stereocenters. The van der Waals surface area contributed by atoms with E-state index in [4.69, 9.17) is 4.74 Å². The number of unbranched alkanes of at least 4 members (excludes halogenated alkanes) is 3. The van der Waals surface area contributed by atoms with E-state index < -0.39 is 0 Å². The van der Waals surface area contributed by atoms with Gasteiger partial charge in [0, 0.05) is 5.56 Å². The van der Waals surface area contributed by atoms with E-state index in [-0.39, 0.29) is 0 Å². The van der Waals surface area contributed by atoms with Crippen LogP contribution < -0.4 is 4.74 Å². The lowest BCUT2D eigenvalue weighted by molar-refractivity contribution is 0.304. The Morgan fingerprint density at radius 3 is 2.59 bits per heavy atom. The summed E-state index contributed by atoms with van der Waals surface area (Å²) in [7, 11) is 0. The molecule has 0 aliphatic heterocycles. The Morgan fingerprint density at radius 2 is 1.94 bits per heavy atom. The molecule has 1 aromatic carbocycles. The molecule has 0 radical (unpaired) electrons. The van der Waals surface area contributed by atoms with E-state index in [9.17, 15) is 0 Å². The Kier molecular flexibility index (Phi) is 6.16. The van der Waals surface area contributed by atoms with Gasteiger partial charge in [-0.15, -0.1) is 0 Å². The molecule has 0 fully saturated rings. The number of rotatable bonds is 8. The highest BCUT2D eigenvalue weighted by Gasteiger charge is 2.03. The molecule has 1 aromatic rings. The predicted octanol–water partition coefficient (Wildman–Crippen LogP) is 4.93. The molecule has 0 unspecified atom stereocenters. The minimum atomic E-state index is 0.779. The fourth-order valence-electron chi connectivity index (χ4n) is 1.79. The molecule has 1 nitrogen and oxygen atoms in total. The Labute approximate surface area is 105 Å². The van der Waals surface area contributed by atoms with Crippen LogP contribution in [-0.2, 0) is 0 Å². The average molecular weight is 230 g/mol. The number of hydrogen-bond donors (Lipinski definition) is 0. The first-order valence-corrected chi connectivity index (χ1v) is 6.34. The van der Waals surface area contributed by atoms with Gasteiger partial charge in [0.25, 0.3) is 0 Å². The van der Waals surface area contributed by atoms with Crippen molar-refractivity contribution in [3.05, 3.63) is 42.5 Å². The van der Waals surface area contributed by atoms with E-state index in [2.05, 4.69) is 20.1 Å². The fraction of sp³-hybridized carbons (Fsp3) is 0.375. The zero-order valence-electron chi connectivity index (χ0n) is 10.7. The number of ether oxygens (including phenoxy) is 1. The summed E-state index contributed by atoms with van der Waals surface area (Å²) in [4.78, 5) is 0. The molecule has 0 aliphatic rings. The zero-order chi connectivity index (χ0) is 12.5. The van der Waals surface area contributed by atoms with E-state index in [1.165, 1.54) is 19.3 Å². The van der Waals surface area contributed by atoms with E-state index in [0.29, 0.717) is 0 Å². The molecule has 1 rings (SSSR count). The quantitative estimate of drug-likeness (QED) is 0.575. The van der Waals surface area contributed by atoms with Crippen LogP contribution in [0.4, 0.5) is 0 Å². The summed E-state index contributed by atoms with van der Waals surface area (Å²) in [6.07, 6.45) is 8.55. The third kappa shape index (κ3) is 4.10. The van der Waals surface area contributed by atoms with Crippen molar-refractivity contribution >= 4 is 12.2 Å². The Balaban J connectivity index is 2.58. The largest absolute Gasteiger partial charge is 0.493 e. The number of benzene rings is 1. The molecule has 17 heavy (non-hydrogen) atoms. The first-order chi connectivity index (χ1) is 8.33. The molecule has 1 heteroatoms. The maximum atomic E-state index is 5.80. The highest BCUT2D eigenvalue weighted by Crippen LogP contribution is 2.24. The van der Waals surface area contributed by atoms with Crippen molar-refractivity contribution in [2.75, 3.05) is 6.61 Å². The maximum absolute atomic E-state index is 5.80. The molecule has 0 aliphatic carbocycles. The van der Waals surface area contributed by atoms with Crippen LogP contribution in [0.1, 0.15) is 43.7 Å². The van der Waals surface area contributed by atoms with E-state index >= 15 is 0 Å². The minimum absolute atomic E-state index is 0.779. The standard InChI is InChI=1S/C16H22O/c1-4-7-8-9-13-17-16-12-10-11-14(5-2)15(16)6-3/h5-6,10-12H,2-4,7-9,13H2,1H3. The Bertz CT molecular complexity index is 366. The molecule has 92 valence electrons. The van der Waals surface area contributed by atoms with Crippen molar-refractivity contribution < 1.29 is 4.74 Å². The second-order valence-electron chi connectivity index (χ2n) is 4.08. The molecular weight excluding hydrogens is 208 g/mol. The molecule has 0 spiro atoms. The second kappa shape index (κ2) is 7.72. The Morgan fingerprint density at radius 1 is 1.12 bits per heavy atom. The van der Waals surface area contributed by atoms with Crippen LogP contribution in [0.15, 0.2) is 31.4 Å². The predicted molar refractivity (Wildman–Crippen MR) is 76.3 cm³/mol. The van der Waals surface area contributed by atoms with Crippen LogP contribution in [0.2, 0.25) is 0 Å². The highest BCUT2D eigenvalue weighted by molar-refractivity contribution is 5.68. The molecule has 0 aromatic heterocycles. The Hall–Kier alpha value is -1.50. The van der Waals surface area contributed by atoms with E-state index in [1.807, 2.05) is 30.4 Å². The normalized spacial score (nSPS) is 9.94. The van der Waals surface area contributed by atoms with E-state index in [0.717, 1.165) is 29.9 Å². The van der Waals surface area contributed by atoms with Crippen molar-refractivity contribution in [3.8, 4) is 5.75 Å². The zero-order valence-corrected chi connectivity index (χ0v) is 10.7. The van der Waals surface area contributed by atoms with E-state index in [1.54, 1.807) is 0 Å². The van der Waals surface area contributed by atoms with Crippen LogP contribution in [0.25, 0.3) is 12.2 Å². The lowest BCUT2D eigenvalue weighted by Gasteiger charge is -2.11. The molecular formula is C16H22O. The lowest BCUT2D eigenvalue weighted by atomic mass is 10.1. The van der Waals surface area contributed by atoms with Gasteiger partial charge < -0.3 is 4.74 Å². The van der Waals surface area contributed by atoms with Crippen molar-refractivity contribution in [1.29, 1.82) is 0 Å². The molecule has 0 saturated carbocycles. The van der Waals surface area contributed by atoms with Crippen molar-refractivity contribution in [3.63, 3.8) is 0 Å². The maximum Gasteiger partial charge on any atom is 0.127 e. The fourth-order valence-corrected chi connectivity index (χ4v) is 1.79. The van der Waals surface area contributed by atoms with Crippen LogP contribution in [0.3, 0.4) is 0 Å². The van der Waals surface area contributed by atoms with Gasteiger partial charge in [0.2, 0.25) is 0 Å². The second-order valence-corrected chi connectivity index (χ2v) is 4.08. The van der Waals surface area contributed by atoms with Gasteiger partial charge in [0.1, 0.15) is 5.75 Å². The highest BCUT2D eigenvalue weighted by atomic mass is 16.5. The molecule has 0 amide bonds. The van der Waals surface area contributed by atoms with Crippen LogP contribution >= 0.6 is 0 Å². The first kappa shape index (κ1) is 13.6. The first-order valence-electron chi connectivity index (χ1n) is 6.34.